The molecule has 2 aromatic carbocycles. The van der Waals surface area contributed by atoms with Crippen LogP contribution in [-0.4, -0.2) is 37.0 Å². The van der Waals surface area contributed by atoms with Crippen LogP contribution in [0.2, 0.25) is 0 Å². The number of nitrogen functional groups attached to an aromatic ring is 1. The number of hydrogen-bond donors (Lipinski definition) is 3. The van der Waals surface area contributed by atoms with Crippen LogP contribution in [0.1, 0.15) is 31.9 Å². The molecule has 0 aliphatic heterocycles. The van der Waals surface area contributed by atoms with Crippen molar-refractivity contribution in [1.29, 1.82) is 0 Å². The number of nitrogens with two attached hydrogens (primary N) is 2. The fourth-order valence-corrected chi connectivity index (χ4v) is 4.47. The molecule has 0 fully saturated rings. The van der Waals surface area contributed by atoms with Crippen molar-refractivity contribution >= 4 is 15.7 Å². The van der Waals surface area contributed by atoms with Crippen molar-refractivity contribution in [3.63, 3.8) is 0 Å². The van der Waals surface area contributed by atoms with Crippen LogP contribution in [0.3, 0.4) is 0 Å². The van der Waals surface area contributed by atoms with E-state index in [-0.39, 0.29) is 17.4 Å². The molecule has 2 atom stereocenters. The van der Waals surface area contributed by atoms with Crippen LogP contribution >= 0.6 is 0 Å². The van der Waals surface area contributed by atoms with Gasteiger partial charge < -0.3 is 16.6 Å². The number of aliphatic hydroxyl groups is 1. The molecule has 5 N–H and O–H groups in total. The van der Waals surface area contributed by atoms with Gasteiger partial charge in [-0.1, -0.05) is 44.2 Å². The monoisotopic (exact) mass is 391 g/mol. The van der Waals surface area contributed by atoms with E-state index in [1.165, 1.54) is 16.4 Å². The van der Waals surface area contributed by atoms with Crippen molar-refractivity contribution in [2.24, 2.45) is 11.7 Å². The van der Waals surface area contributed by atoms with Crippen LogP contribution in [0, 0.1) is 5.92 Å². The van der Waals surface area contributed by atoms with Crippen molar-refractivity contribution < 1.29 is 13.5 Å². The second-order valence-electron chi connectivity index (χ2n) is 7.13. The molecule has 2 unspecified atom stereocenters. The summed E-state index contributed by atoms with van der Waals surface area (Å²) in [4.78, 5) is 0.203. The van der Waals surface area contributed by atoms with Gasteiger partial charge >= 0.3 is 0 Å². The van der Waals surface area contributed by atoms with E-state index in [9.17, 15) is 13.5 Å². The summed E-state index contributed by atoms with van der Waals surface area (Å²) in [6.45, 7) is 4.53. The fourth-order valence-electron chi connectivity index (χ4n) is 2.85. The number of nitrogens with zero attached hydrogens (tertiary/aromatic N) is 1. The molecule has 0 heterocycles. The molecule has 2 aromatic rings. The third-order valence-corrected chi connectivity index (χ3v) is 6.22. The quantitative estimate of drug-likeness (QED) is 0.569. The van der Waals surface area contributed by atoms with Gasteiger partial charge in [-0.2, -0.15) is 4.31 Å². The summed E-state index contributed by atoms with van der Waals surface area (Å²) in [5.41, 5.74) is 13.0. The Bertz CT molecular complexity index is 808. The number of sulfonamides is 1. The zero-order valence-corrected chi connectivity index (χ0v) is 16.6. The van der Waals surface area contributed by atoms with Crippen molar-refractivity contribution in [2.75, 3.05) is 18.8 Å². The van der Waals surface area contributed by atoms with Crippen molar-refractivity contribution in [3.05, 3.63) is 60.2 Å². The molecule has 2 rings (SSSR count). The molecule has 0 bridgehead atoms. The molecule has 7 heteroatoms. The minimum absolute atomic E-state index is 0.156. The summed E-state index contributed by atoms with van der Waals surface area (Å²) >= 11 is 0. The minimum atomic E-state index is -3.66. The van der Waals surface area contributed by atoms with Crippen molar-refractivity contribution in [3.8, 4) is 0 Å². The van der Waals surface area contributed by atoms with Gasteiger partial charge in [0.1, 0.15) is 0 Å². The second kappa shape index (κ2) is 9.32. The first-order chi connectivity index (χ1) is 12.7. The van der Waals surface area contributed by atoms with E-state index in [0.29, 0.717) is 18.7 Å². The Morgan fingerprint density at radius 3 is 2.19 bits per heavy atom. The normalized spacial score (nSPS) is 14.4. The van der Waals surface area contributed by atoms with Crippen LogP contribution in [0.4, 0.5) is 5.69 Å². The topological polar surface area (TPSA) is 110 Å². The number of anilines is 1. The highest BCUT2D eigenvalue weighted by Crippen LogP contribution is 2.21. The van der Waals surface area contributed by atoms with Crippen LogP contribution in [-0.2, 0) is 10.0 Å². The first-order valence-electron chi connectivity index (χ1n) is 9.06. The summed E-state index contributed by atoms with van der Waals surface area (Å²) < 4.78 is 27.5. The van der Waals surface area contributed by atoms with E-state index in [1.807, 2.05) is 44.2 Å². The summed E-state index contributed by atoms with van der Waals surface area (Å²) in [6, 6.07) is 14.8. The number of benzene rings is 2. The molecule has 0 amide bonds. The maximum atomic E-state index is 13.0. The third kappa shape index (κ3) is 5.77. The SMILES string of the molecule is CC(C)CN(CCC(N)C(O)c1ccccc1)S(=O)(=O)c1ccc(N)cc1. The largest absolute Gasteiger partial charge is 0.399 e. The lowest BCUT2D eigenvalue weighted by molar-refractivity contribution is 0.138. The predicted octanol–water partition coefficient (Wildman–Crippen LogP) is 2.37. The Morgan fingerprint density at radius 1 is 1.04 bits per heavy atom. The average molecular weight is 392 g/mol. The number of rotatable bonds is 9. The molecule has 0 saturated carbocycles. The highest BCUT2D eigenvalue weighted by Gasteiger charge is 2.27. The summed E-state index contributed by atoms with van der Waals surface area (Å²) in [7, 11) is -3.66. The van der Waals surface area contributed by atoms with Crippen LogP contribution in [0.5, 0.6) is 0 Å². The Morgan fingerprint density at radius 2 is 1.63 bits per heavy atom. The van der Waals surface area contributed by atoms with Gasteiger partial charge in [-0.05, 0) is 42.2 Å². The van der Waals surface area contributed by atoms with Gasteiger partial charge in [0, 0.05) is 24.8 Å². The van der Waals surface area contributed by atoms with Crippen molar-refractivity contribution in [1.82, 2.24) is 4.31 Å². The zero-order valence-electron chi connectivity index (χ0n) is 15.8. The fraction of sp³-hybridized carbons (Fsp3) is 0.400. The molecule has 148 valence electrons. The molecule has 0 saturated heterocycles. The Kier molecular flexibility index (Phi) is 7.38. The Balaban J connectivity index is 2.13. The van der Waals surface area contributed by atoms with E-state index < -0.39 is 22.2 Å². The molecular weight excluding hydrogens is 362 g/mol. The molecule has 6 nitrogen and oxygen atoms in total. The van der Waals surface area contributed by atoms with Gasteiger partial charge in [-0.3, -0.25) is 0 Å². The van der Waals surface area contributed by atoms with E-state index in [4.69, 9.17) is 11.5 Å². The minimum Gasteiger partial charge on any atom is -0.399 e. The lowest BCUT2D eigenvalue weighted by Gasteiger charge is -2.27. The smallest absolute Gasteiger partial charge is 0.243 e. The van der Waals surface area contributed by atoms with Crippen LogP contribution < -0.4 is 11.5 Å². The van der Waals surface area contributed by atoms with E-state index in [0.717, 1.165) is 5.56 Å². The third-order valence-electron chi connectivity index (χ3n) is 4.35. The maximum absolute atomic E-state index is 13.0. The van der Waals surface area contributed by atoms with Gasteiger partial charge in [-0.15, -0.1) is 0 Å². The van der Waals surface area contributed by atoms with Gasteiger partial charge in [0.25, 0.3) is 0 Å². The highest BCUT2D eigenvalue weighted by molar-refractivity contribution is 7.89. The standard InChI is InChI=1S/C20H29N3O3S/c1-15(2)14-23(27(25,26)18-10-8-17(21)9-11-18)13-12-19(22)20(24)16-6-4-3-5-7-16/h3-11,15,19-20,24H,12-14,21-22H2,1-2H3. The molecule has 0 aromatic heterocycles. The molecule has 0 aliphatic carbocycles. The Hall–Kier alpha value is -1.93. The van der Waals surface area contributed by atoms with Gasteiger partial charge in [-0.25, -0.2) is 8.42 Å². The first-order valence-corrected chi connectivity index (χ1v) is 10.5. The lowest BCUT2D eigenvalue weighted by atomic mass is 10.0. The molecule has 0 spiro atoms. The van der Waals surface area contributed by atoms with E-state index >= 15 is 0 Å². The lowest BCUT2D eigenvalue weighted by Crippen LogP contribution is -2.39. The molecule has 0 radical (unpaired) electrons. The Labute approximate surface area is 161 Å². The molecular formula is C20H29N3O3S. The highest BCUT2D eigenvalue weighted by atomic mass is 32.2. The van der Waals surface area contributed by atoms with Gasteiger partial charge in [0.2, 0.25) is 10.0 Å². The average Bonchev–Trinajstić information content (AvgIpc) is 2.65. The van der Waals surface area contributed by atoms with Gasteiger partial charge in [0.15, 0.2) is 0 Å². The van der Waals surface area contributed by atoms with Crippen molar-refractivity contribution in [2.45, 2.75) is 37.3 Å². The number of hydrogen-bond acceptors (Lipinski definition) is 5. The van der Waals surface area contributed by atoms with E-state index in [1.54, 1.807) is 12.1 Å². The number of aliphatic hydroxyl groups excluding tert-OH is 1. The summed E-state index contributed by atoms with van der Waals surface area (Å²) in [5.74, 6) is 0.156. The molecule has 0 aliphatic rings. The van der Waals surface area contributed by atoms with E-state index in [2.05, 4.69) is 0 Å². The first kappa shape index (κ1) is 21.4. The predicted molar refractivity (Wildman–Crippen MR) is 108 cm³/mol. The summed E-state index contributed by atoms with van der Waals surface area (Å²) in [5, 5.41) is 10.4. The van der Waals surface area contributed by atoms with Gasteiger partial charge in [0.05, 0.1) is 11.0 Å². The summed E-state index contributed by atoms with van der Waals surface area (Å²) in [6.07, 6.45) is -0.497. The van der Waals surface area contributed by atoms with Crippen LogP contribution in [0.25, 0.3) is 0 Å². The maximum Gasteiger partial charge on any atom is 0.243 e. The zero-order chi connectivity index (χ0) is 20.0. The molecule has 27 heavy (non-hydrogen) atoms. The second-order valence-corrected chi connectivity index (χ2v) is 9.07. The van der Waals surface area contributed by atoms with Crippen LogP contribution in [0.15, 0.2) is 59.5 Å².